The molecular formula is C11H22N2. The molecule has 0 saturated carbocycles. The van der Waals surface area contributed by atoms with Gasteiger partial charge in [0.05, 0.1) is 0 Å². The van der Waals surface area contributed by atoms with E-state index in [0.717, 1.165) is 49.9 Å². The van der Waals surface area contributed by atoms with Crippen LogP contribution in [0.3, 0.4) is 0 Å². The van der Waals surface area contributed by atoms with Gasteiger partial charge in [-0.15, -0.1) is 0 Å². The van der Waals surface area contributed by atoms with E-state index in [1.165, 1.54) is 6.42 Å². The molecule has 0 rings (SSSR count). The summed E-state index contributed by atoms with van der Waals surface area (Å²) >= 11 is 0. The summed E-state index contributed by atoms with van der Waals surface area (Å²) in [5.74, 6) is 0. The first kappa shape index (κ1) is 12.3. The molecule has 0 bridgehead atoms. The standard InChI is InChI=1S/C11H22N2/c1-3-10(12)8-6-5-7-9-11(13)4-2/h12-13H,3-9H2,1-2H3. The van der Waals surface area contributed by atoms with Gasteiger partial charge in [-0.25, -0.2) is 0 Å². The lowest BCUT2D eigenvalue weighted by atomic mass is 10.1. The van der Waals surface area contributed by atoms with Gasteiger partial charge < -0.3 is 10.8 Å². The molecule has 0 aromatic carbocycles. The van der Waals surface area contributed by atoms with Crippen LogP contribution >= 0.6 is 0 Å². The molecule has 76 valence electrons. The molecule has 0 radical (unpaired) electrons. The van der Waals surface area contributed by atoms with E-state index in [2.05, 4.69) is 0 Å². The van der Waals surface area contributed by atoms with Crippen LogP contribution in [0.25, 0.3) is 0 Å². The normalized spacial score (nSPS) is 10.0. The summed E-state index contributed by atoms with van der Waals surface area (Å²) in [6, 6.07) is 0. The topological polar surface area (TPSA) is 47.7 Å². The highest BCUT2D eigenvalue weighted by Gasteiger charge is 1.96. The van der Waals surface area contributed by atoms with Crippen LogP contribution in [0.2, 0.25) is 0 Å². The first-order chi connectivity index (χ1) is 6.20. The third-order valence-corrected chi connectivity index (χ3v) is 2.31. The van der Waals surface area contributed by atoms with Gasteiger partial charge in [-0.05, 0) is 38.5 Å². The average molecular weight is 182 g/mol. The molecule has 0 aliphatic heterocycles. The third-order valence-electron chi connectivity index (χ3n) is 2.31. The van der Waals surface area contributed by atoms with Crippen LogP contribution in [0.5, 0.6) is 0 Å². The van der Waals surface area contributed by atoms with Crippen molar-refractivity contribution in [3.8, 4) is 0 Å². The molecule has 0 aliphatic rings. The summed E-state index contributed by atoms with van der Waals surface area (Å²) in [5, 5.41) is 14.9. The Morgan fingerprint density at radius 3 is 1.46 bits per heavy atom. The molecule has 0 aromatic rings. The summed E-state index contributed by atoms with van der Waals surface area (Å²) in [6.07, 6.45) is 7.12. The smallest absolute Gasteiger partial charge is 0.00864 e. The molecule has 2 nitrogen and oxygen atoms in total. The van der Waals surface area contributed by atoms with Crippen molar-refractivity contribution in [3.05, 3.63) is 0 Å². The summed E-state index contributed by atoms with van der Waals surface area (Å²) in [7, 11) is 0. The number of nitrogens with one attached hydrogen (secondary N) is 2. The highest BCUT2D eigenvalue weighted by Crippen LogP contribution is 2.06. The van der Waals surface area contributed by atoms with Gasteiger partial charge in [-0.3, -0.25) is 0 Å². The molecule has 0 amide bonds. The van der Waals surface area contributed by atoms with Crippen molar-refractivity contribution in [2.75, 3.05) is 0 Å². The zero-order valence-electron chi connectivity index (χ0n) is 8.95. The van der Waals surface area contributed by atoms with E-state index in [-0.39, 0.29) is 0 Å². The summed E-state index contributed by atoms with van der Waals surface area (Å²) in [4.78, 5) is 0. The number of hydrogen-bond donors (Lipinski definition) is 2. The minimum atomic E-state index is 0.866. The van der Waals surface area contributed by atoms with E-state index < -0.39 is 0 Å². The Bertz CT molecular complexity index is 143. The molecular weight excluding hydrogens is 160 g/mol. The number of unbranched alkanes of at least 4 members (excludes halogenated alkanes) is 2. The van der Waals surface area contributed by atoms with E-state index in [1.54, 1.807) is 0 Å². The molecule has 0 aliphatic carbocycles. The lowest BCUT2D eigenvalue weighted by Gasteiger charge is -2.01. The van der Waals surface area contributed by atoms with Crippen LogP contribution in [0.15, 0.2) is 0 Å². The van der Waals surface area contributed by atoms with Crippen LogP contribution in [0.4, 0.5) is 0 Å². The molecule has 0 aromatic heterocycles. The molecule has 0 atom stereocenters. The van der Waals surface area contributed by atoms with Crippen molar-refractivity contribution in [2.45, 2.75) is 58.8 Å². The molecule has 13 heavy (non-hydrogen) atoms. The van der Waals surface area contributed by atoms with Crippen molar-refractivity contribution in [3.63, 3.8) is 0 Å². The predicted molar refractivity (Wildman–Crippen MR) is 59.1 cm³/mol. The van der Waals surface area contributed by atoms with Crippen LogP contribution in [-0.4, -0.2) is 11.4 Å². The minimum absolute atomic E-state index is 0.866. The van der Waals surface area contributed by atoms with Crippen molar-refractivity contribution < 1.29 is 0 Å². The fourth-order valence-corrected chi connectivity index (χ4v) is 1.21. The molecule has 2 heteroatoms. The van der Waals surface area contributed by atoms with E-state index in [9.17, 15) is 0 Å². The lowest BCUT2D eigenvalue weighted by molar-refractivity contribution is 0.708. The first-order valence-electron chi connectivity index (χ1n) is 5.33. The maximum absolute atomic E-state index is 7.45. The van der Waals surface area contributed by atoms with Gasteiger partial charge in [0.25, 0.3) is 0 Å². The molecule has 2 N–H and O–H groups in total. The Kier molecular flexibility index (Phi) is 7.56. The molecule has 0 fully saturated rings. The Hall–Kier alpha value is -0.660. The van der Waals surface area contributed by atoms with Crippen LogP contribution in [-0.2, 0) is 0 Å². The van der Waals surface area contributed by atoms with Gasteiger partial charge >= 0.3 is 0 Å². The maximum Gasteiger partial charge on any atom is 0.00864 e. The minimum Gasteiger partial charge on any atom is -0.310 e. The van der Waals surface area contributed by atoms with Crippen molar-refractivity contribution >= 4 is 11.4 Å². The number of rotatable bonds is 8. The summed E-state index contributed by atoms with van der Waals surface area (Å²) in [6.45, 7) is 4.07. The summed E-state index contributed by atoms with van der Waals surface area (Å²) < 4.78 is 0. The molecule has 0 unspecified atom stereocenters. The quantitative estimate of drug-likeness (QED) is 0.424. The van der Waals surface area contributed by atoms with Crippen LogP contribution in [0.1, 0.15) is 58.8 Å². The van der Waals surface area contributed by atoms with Crippen molar-refractivity contribution in [1.82, 2.24) is 0 Å². The highest BCUT2D eigenvalue weighted by molar-refractivity contribution is 5.81. The largest absolute Gasteiger partial charge is 0.310 e. The van der Waals surface area contributed by atoms with Crippen LogP contribution in [0, 0.1) is 10.8 Å². The average Bonchev–Trinajstić information content (AvgIpc) is 2.16. The number of hydrogen-bond acceptors (Lipinski definition) is 2. The van der Waals surface area contributed by atoms with Crippen LogP contribution < -0.4 is 0 Å². The molecule has 0 spiro atoms. The van der Waals surface area contributed by atoms with Gasteiger partial charge in [0.15, 0.2) is 0 Å². The van der Waals surface area contributed by atoms with Gasteiger partial charge in [0, 0.05) is 11.4 Å². The Labute approximate surface area is 81.8 Å². The summed E-state index contributed by atoms with van der Waals surface area (Å²) in [5.41, 5.74) is 1.73. The Morgan fingerprint density at radius 2 is 1.15 bits per heavy atom. The highest BCUT2D eigenvalue weighted by atomic mass is 14.4. The fraction of sp³-hybridized carbons (Fsp3) is 0.818. The molecule has 0 heterocycles. The Balaban J connectivity index is 3.17. The second-order valence-corrected chi connectivity index (χ2v) is 3.47. The van der Waals surface area contributed by atoms with Gasteiger partial charge in [0.2, 0.25) is 0 Å². The third kappa shape index (κ3) is 7.69. The van der Waals surface area contributed by atoms with E-state index in [4.69, 9.17) is 10.8 Å². The monoisotopic (exact) mass is 182 g/mol. The zero-order chi connectivity index (χ0) is 10.1. The second kappa shape index (κ2) is 7.96. The predicted octanol–water partition coefficient (Wildman–Crippen LogP) is 3.80. The lowest BCUT2D eigenvalue weighted by Crippen LogP contribution is -1.95. The molecule has 0 saturated heterocycles. The van der Waals surface area contributed by atoms with Crippen molar-refractivity contribution in [2.24, 2.45) is 0 Å². The van der Waals surface area contributed by atoms with E-state index in [0.29, 0.717) is 0 Å². The SMILES string of the molecule is CCC(=N)CCCCCC(=N)CC. The second-order valence-electron chi connectivity index (χ2n) is 3.47. The van der Waals surface area contributed by atoms with E-state index >= 15 is 0 Å². The zero-order valence-corrected chi connectivity index (χ0v) is 8.95. The first-order valence-corrected chi connectivity index (χ1v) is 5.33. The van der Waals surface area contributed by atoms with Gasteiger partial charge in [-0.2, -0.15) is 0 Å². The fourth-order valence-electron chi connectivity index (χ4n) is 1.21. The maximum atomic E-state index is 7.45. The van der Waals surface area contributed by atoms with Crippen molar-refractivity contribution in [1.29, 1.82) is 10.8 Å². The van der Waals surface area contributed by atoms with Gasteiger partial charge in [0.1, 0.15) is 0 Å². The Morgan fingerprint density at radius 1 is 0.769 bits per heavy atom. The van der Waals surface area contributed by atoms with Gasteiger partial charge in [-0.1, -0.05) is 20.3 Å². The van der Waals surface area contributed by atoms with E-state index in [1.807, 2.05) is 13.8 Å².